The van der Waals surface area contributed by atoms with E-state index in [1.165, 1.54) is 0 Å². The molecule has 0 heterocycles. The molecule has 0 aromatic carbocycles. The molecule has 0 rings (SSSR count). The lowest BCUT2D eigenvalue weighted by atomic mass is 10.3. The number of nitrogens with zero attached hydrogens (tertiary/aromatic N) is 1. The van der Waals surface area contributed by atoms with Gasteiger partial charge < -0.3 is 27.8 Å². The van der Waals surface area contributed by atoms with Crippen molar-refractivity contribution in [2.24, 2.45) is 0 Å². The van der Waals surface area contributed by atoms with Gasteiger partial charge in [-0.1, -0.05) is 0 Å². The van der Waals surface area contributed by atoms with Gasteiger partial charge in [-0.15, -0.1) is 0 Å². The molecule has 8 heteroatoms. The monoisotopic (exact) mass is 393 g/mol. The molecule has 1 amide bonds. The SMILES string of the molecule is CCO[Si](CCCNC(=O)OCC[N+](CC)(CC)CC)(OCC)OCC. The Labute approximate surface area is 161 Å². The second-order valence-electron chi connectivity index (χ2n) is 6.16. The number of hydrogen-bond donors (Lipinski definition) is 1. The van der Waals surface area contributed by atoms with Crippen LogP contribution in [0, 0.1) is 0 Å². The van der Waals surface area contributed by atoms with Crippen LogP contribution in [-0.4, -0.2) is 78.5 Å². The van der Waals surface area contributed by atoms with E-state index in [1.54, 1.807) is 0 Å². The van der Waals surface area contributed by atoms with Gasteiger partial charge in [-0.05, 0) is 48.0 Å². The first-order valence-electron chi connectivity index (χ1n) is 10.1. The molecular formula is C18H41N2O5Si+. The Hall–Kier alpha value is -0.673. The molecule has 0 unspecified atom stereocenters. The van der Waals surface area contributed by atoms with Crippen LogP contribution in [0.15, 0.2) is 0 Å². The fourth-order valence-corrected chi connectivity index (χ4v) is 5.64. The van der Waals surface area contributed by atoms with E-state index < -0.39 is 8.80 Å². The predicted molar refractivity (Wildman–Crippen MR) is 106 cm³/mol. The lowest BCUT2D eigenvalue weighted by Gasteiger charge is -2.35. The highest BCUT2D eigenvalue weighted by molar-refractivity contribution is 6.60. The topological polar surface area (TPSA) is 66.0 Å². The Morgan fingerprint density at radius 1 is 0.885 bits per heavy atom. The summed E-state index contributed by atoms with van der Waals surface area (Å²) in [5.41, 5.74) is 0. The van der Waals surface area contributed by atoms with Gasteiger partial charge in [0.05, 0.1) is 19.6 Å². The van der Waals surface area contributed by atoms with E-state index in [4.69, 9.17) is 18.0 Å². The zero-order valence-electron chi connectivity index (χ0n) is 17.8. The zero-order valence-corrected chi connectivity index (χ0v) is 18.8. The van der Waals surface area contributed by atoms with Crippen LogP contribution in [0.1, 0.15) is 48.0 Å². The van der Waals surface area contributed by atoms with Gasteiger partial charge in [0.1, 0.15) is 13.2 Å². The van der Waals surface area contributed by atoms with Crippen LogP contribution in [0.25, 0.3) is 0 Å². The Kier molecular flexibility index (Phi) is 14.0. The summed E-state index contributed by atoms with van der Waals surface area (Å²) in [7, 11) is -2.63. The average Bonchev–Trinajstić information content (AvgIpc) is 2.63. The maximum Gasteiger partial charge on any atom is 0.500 e. The van der Waals surface area contributed by atoms with Crippen LogP contribution in [0.5, 0.6) is 0 Å². The van der Waals surface area contributed by atoms with Gasteiger partial charge in [-0.25, -0.2) is 4.79 Å². The smallest absolute Gasteiger partial charge is 0.444 e. The molecule has 0 aromatic rings. The molecule has 0 radical (unpaired) electrons. The average molecular weight is 394 g/mol. The number of carbonyl (C=O) groups excluding carboxylic acids is 1. The maximum atomic E-state index is 11.9. The number of likely N-dealkylation sites (N-methyl/N-ethyl adjacent to an activating group) is 1. The van der Waals surface area contributed by atoms with Crippen molar-refractivity contribution in [2.45, 2.75) is 54.0 Å². The third-order valence-electron chi connectivity index (χ3n) is 4.83. The Bertz CT molecular complexity index is 342. The fourth-order valence-electron chi connectivity index (χ4n) is 3.02. The lowest BCUT2D eigenvalue weighted by molar-refractivity contribution is -0.923. The number of quaternary nitrogens is 1. The van der Waals surface area contributed by atoms with Crippen molar-refractivity contribution in [1.82, 2.24) is 5.32 Å². The van der Waals surface area contributed by atoms with Crippen molar-refractivity contribution >= 4 is 14.9 Å². The summed E-state index contributed by atoms with van der Waals surface area (Å²) in [5.74, 6) is 0. The molecule has 0 fully saturated rings. The van der Waals surface area contributed by atoms with E-state index in [2.05, 4.69) is 26.1 Å². The van der Waals surface area contributed by atoms with E-state index in [1.807, 2.05) is 20.8 Å². The molecule has 26 heavy (non-hydrogen) atoms. The van der Waals surface area contributed by atoms with Crippen LogP contribution in [0.3, 0.4) is 0 Å². The molecule has 0 bridgehead atoms. The Balaban J connectivity index is 4.19. The van der Waals surface area contributed by atoms with Gasteiger partial charge in [0.15, 0.2) is 0 Å². The van der Waals surface area contributed by atoms with Gasteiger partial charge in [0.2, 0.25) is 0 Å². The second-order valence-corrected chi connectivity index (χ2v) is 8.89. The van der Waals surface area contributed by atoms with E-state index in [0.717, 1.165) is 37.1 Å². The van der Waals surface area contributed by atoms with Gasteiger partial charge in [0.25, 0.3) is 0 Å². The standard InChI is InChI=1S/C18H40N2O5Si/c1-7-20(8-2,9-3)15-16-22-18(21)19-14-13-17-26(23-10-4,24-11-5)25-12-6/h7-17H2,1-6H3/p+1. The lowest BCUT2D eigenvalue weighted by Crippen LogP contribution is -2.50. The van der Waals surface area contributed by atoms with E-state index in [-0.39, 0.29) is 6.09 Å². The minimum atomic E-state index is -2.63. The number of hydrogen-bond acceptors (Lipinski definition) is 5. The Morgan fingerprint density at radius 3 is 1.81 bits per heavy atom. The van der Waals surface area contributed by atoms with Gasteiger partial charge in [-0.3, -0.25) is 0 Å². The number of ether oxygens (including phenoxy) is 1. The maximum absolute atomic E-state index is 11.9. The summed E-state index contributed by atoms with van der Waals surface area (Å²) in [4.78, 5) is 11.9. The fraction of sp³-hybridized carbons (Fsp3) is 0.944. The summed E-state index contributed by atoms with van der Waals surface area (Å²) in [5, 5.41) is 2.81. The quantitative estimate of drug-likeness (QED) is 0.248. The molecule has 0 saturated carbocycles. The summed E-state index contributed by atoms with van der Waals surface area (Å²) < 4.78 is 23.7. The molecule has 0 saturated heterocycles. The third-order valence-corrected chi connectivity index (χ3v) is 7.98. The molecule has 156 valence electrons. The zero-order chi connectivity index (χ0) is 19.9. The number of carbonyl (C=O) groups is 1. The molecule has 0 spiro atoms. The summed E-state index contributed by atoms with van der Waals surface area (Å²) in [6, 6.07) is 0.685. The van der Waals surface area contributed by atoms with Crippen molar-refractivity contribution in [3.8, 4) is 0 Å². The van der Waals surface area contributed by atoms with Crippen molar-refractivity contribution in [1.29, 1.82) is 0 Å². The number of nitrogens with one attached hydrogen (secondary N) is 1. The van der Waals surface area contributed by atoms with Crippen molar-refractivity contribution in [3.05, 3.63) is 0 Å². The van der Waals surface area contributed by atoms with Crippen LogP contribution in [-0.2, 0) is 18.0 Å². The molecule has 0 aliphatic heterocycles. The van der Waals surface area contributed by atoms with Gasteiger partial charge in [0, 0.05) is 32.4 Å². The summed E-state index contributed by atoms with van der Waals surface area (Å²) >= 11 is 0. The number of alkyl carbamates (subject to hydrolysis) is 1. The van der Waals surface area contributed by atoms with Crippen molar-refractivity contribution < 1.29 is 27.3 Å². The normalized spacial score (nSPS) is 12.2. The highest BCUT2D eigenvalue weighted by atomic mass is 28.4. The number of amides is 1. The first-order chi connectivity index (χ1) is 12.5. The highest BCUT2D eigenvalue weighted by Crippen LogP contribution is 2.17. The van der Waals surface area contributed by atoms with Gasteiger partial charge >= 0.3 is 14.9 Å². The van der Waals surface area contributed by atoms with Crippen LogP contribution in [0.2, 0.25) is 6.04 Å². The molecular weight excluding hydrogens is 352 g/mol. The minimum absolute atomic E-state index is 0.358. The minimum Gasteiger partial charge on any atom is -0.444 e. The molecule has 0 aromatic heterocycles. The predicted octanol–water partition coefficient (Wildman–Crippen LogP) is 3.03. The van der Waals surface area contributed by atoms with Crippen LogP contribution < -0.4 is 5.32 Å². The first kappa shape index (κ1) is 25.3. The molecule has 0 atom stereocenters. The molecule has 0 aliphatic rings. The summed E-state index contributed by atoms with van der Waals surface area (Å²) in [6.07, 6.45) is 0.378. The molecule has 0 aliphatic carbocycles. The Morgan fingerprint density at radius 2 is 1.38 bits per heavy atom. The summed E-state index contributed by atoms with van der Waals surface area (Å²) in [6.45, 7) is 19.0. The van der Waals surface area contributed by atoms with E-state index >= 15 is 0 Å². The van der Waals surface area contributed by atoms with Crippen molar-refractivity contribution in [3.63, 3.8) is 0 Å². The highest BCUT2D eigenvalue weighted by Gasteiger charge is 2.39. The van der Waals surface area contributed by atoms with Crippen LogP contribution in [0.4, 0.5) is 4.79 Å². The first-order valence-corrected chi connectivity index (χ1v) is 12.1. The largest absolute Gasteiger partial charge is 0.500 e. The third kappa shape index (κ3) is 9.32. The van der Waals surface area contributed by atoms with E-state index in [0.29, 0.717) is 39.0 Å². The molecule has 1 N–H and O–H groups in total. The van der Waals surface area contributed by atoms with E-state index in [9.17, 15) is 4.79 Å². The number of rotatable bonds is 16. The van der Waals surface area contributed by atoms with Gasteiger partial charge in [-0.2, -0.15) is 0 Å². The van der Waals surface area contributed by atoms with Crippen molar-refractivity contribution in [2.75, 3.05) is 59.2 Å². The molecule has 7 nitrogen and oxygen atoms in total. The van der Waals surface area contributed by atoms with Crippen LogP contribution >= 0.6 is 0 Å². The second kappa shape index (κ2) is 14.4.